The highest BCUT2D eigenvalue weighted by Gasteiger charge is 2.24. The van der Waals surface area contributed by atoms with Crippen molar-refractivity contribution in [3.63, 3.8) is 0 Å². The third kappa shape index (κ3) is 2.81. The molecule has 1 aliphatic rings. The number of nitrogens with one attached hydrogen (secondary N) is 1. The summed E-state index contributed by atoms with van der Waals surface area (Å²) < 4.78 is 5.76. The Balaban J connectivity index is 2.12. The van der Waals surface area contributed by atoms with E-state index in [0.717, 1.165) is 26.1 Å². The molecule has 6 nitrogen and oxygen atoms in total. The van der Waals surface area contributed by atoms with Crippen molar-refractivity contribution in [1.82, 2.24) is 20.4 Å². The fraction of sp³-hybridized carbons (Fsp3) is 0.833. The van der Waals surface area contributed by atoms with Crippen molar-refractivity contribution >= 4 is 6.01 Å². The van der Waals surface area contributed by atoms with Crippen LogP contribution in [0, 0.1) is 0 Å². The van der Waals surface area contributed by atoms with Gasteiger partial charge in [0.15, 0.2) is 0 Å². The average Bonchev–Trinajstić information content (AvgIpc) is 2.76. The fourth-order valence-corrected chi connectivity index (χ4v) is 2.30. The van der Waals surface area contributed by atoms with Gasteiger partial charge >= 0.3 is 6.01 Å². The molecular formula is C12H23N5O. The molecule has 1 aliphatic heterocycles. The highest BCUT2D eigenvalue weighted by molar-refractivity contribution is 5.27. The average molecular weight is 253 g/mol. The van der Waals surface area contributed by atoms with Crippen LogP contribution in [0.3, 0.4) is 0 Å². The standard InChI is InChI=1S/C12H23N5O/c1-9-8-16(4)6-5-7-17(9)12-15-14-11(18-12)10(2)13-3/h9-10,13H,5-8H2,1-4H3. The van der Waals surface area contributed by atoms with Gasteiger partial charge in [0.1, 0.15) is 0 Å². The van der Waals surface area contributed by atoms with Gasteiger partial charge in [0.2, 0.25) is 5.89 Å². The lowest BCUT2D eigenvalue weighted by atomic mass is 10.3. The maximum atomic E-state index is 5.76. The van der Waals surface area contributed by atoms with E-state index in [1.807, 2.05) is 14.0 Å². The lowest BCUT2D eigenvalue weighted by Gasteiger charge is -2.25. The van der Waals surface area contributed by atoms with Crippen molar-refractivity contribution < 1.29 is 4.42 Å². The van der Waals surface area contributed by atoms with E-state index in [4.69, 9.17) is 4.42 Å². The first-order valence-electron chi connectivity index (χ1n) is 6.57. The number of anilines is 1. The summed E-state index contributed by atoms with van der Waals surface area (Å²) >= 11 is 0. The zero-order chi connectivity index (χ0) is 13.1. The third-order valence-electron chi connectivity index (χ3n) is 3.53. The van der Waals surface area contributed by atoms with Gasteiger partial charge in [0.25, 0.3) is 0 Å². The van der Waals surface area contributed by atoms with E-state index in [-0.39, 0.29) is 6.04 Å². The van der Waals surface area contributed by atoms with Crippen LogP contribution in [0.4, 0.5) is 6.01 Å². The predicted molar refractivity (Wildman–Crippen MR) is 70.7 cm³/mol. The first-order chi connectivity index (χ1) is 8.61. The van der Waals surface area contributed by atoms with E-state index in [1.165, 1.54) is 0 Å². The molecule has 1 saturated heterocycles. The number of nitrogens with zero attached hydrogens (tertiary/aromatic N) is 4. The van der Waals surface area contributed by atoms with E-state index in [2.05, 4.69) is 39.3 Å². The van der Waals surface area contributed by atoms with E-state index in [1.54, 1.807) is 0 Å². The summed E-state index contributed by atoms with van der Waals surface area (Å²) in [6, 6.07) is 1.14. The van der Waals surface area contributed by atoms with Crippen molar-refractivity contribution in [3.05, 3.63) is 5.89 Å². The third-order valence-corrected chi connectivity index (χ3v) is 3.53. The highest BCUT2D eigenvalue weighted by atomic mass is 16.4. The second kappa shape index (κ2) is 5.67. The first kappa shape index (κ1) is 13.3. The van der Waals surface area contributed by atoms with Crippen molar-refractivity contribution in [3.8, 4) is 0 Å². The van der Waals surface area contributed by atoms with Gasteiger partial charge in [-0.15, -0.1) is 5.10 Å². The molecule has 6 heteroatoms. The molecule has 2 rings (SSSR count). The van der Waals surface area contributed by atoms with Gasteiger partial charge in [-0.25, -0.2) is 0 Å². The molecule has 1 aromatic heterocycles. The van der Waals surface area contributed by atoms with Crippen molar-refractivity contribution in [1.29, 1.82) is 0 Å². The zero-order valence-electron chi connectivity index (χ0n) is 11.7. The molecule has 0 bridgehead atoms. The Hall–Kier alpha value is -1.14. The Labute approximate surface area is 108 Å². The highest BCUT2D eigenvalue weighted by Crippen LogP contribution is 2.21. The lowest BCUT2D eigenvalue weighted by molar-refractivity contribution is 0.334. The van der Waals surface area contributed by atoms with Gasteiger partial charge in [-0.05, 0) is 40.9 Å². The second-order valence-electron chi connectivity index (χ2n) is 5.09. The Kier molecular flexibility index (Phi) is 4.19. The molecule has 1 fully saturated rings. The van der Waals surface area contributed by atoms with E-state index < -0.39 is 0 Å². The summed E-state index contributed by atoms with van der Waals surface area (Å²) in [6.07, 6.45) is 1.13. The molecule has 2 atom stereocenters. The SMILES string of the molecule is CNC(C)c1nnc(N2CCCN(C)CC2C)o1. The molecule has 0 aromatic carbocycles. The summed E-state index contributed by atoms with van der Waals surface area (Å²) in [5.74, 6) is 0.650. The largest absolute Gasteiger partial charge is 0.406 e. The van der Waals surface area contributed by atoms with Gasteiger partial charge in [0.05, 0.1) is 6.04 Å². The summed E-state index contributed by atoms with van der Waals surface area (Å²) in [7, 11) is 4.04. The smallest absolute Gasteiger partial charge is 0.318 e. The molecule has 102 valence electrons. The molecule has 0 spiro atoms. The number of likely N-dealkylation sites (N-methyl/N-ethyl adjacent to an activating group) is 1. The molecule has 0 radical (unpaired) electrons. The van der Waals surface area contributed by atoms with Gasteiger partial charge in [-0.2, -0.15) is 0 Å². The topological polar surface area (TPSA) is 57.4 Å². The van der Waals surface area contributed by atoms with E-state index in [0.29, 0.717) is 17.9 Å². The first-order valence-corrected chi connectivity index (χ1v) is 6.57. The maximum absolute atomic E-state index is 5.76. The van der Waals surface area contributed by atoms with Crippen molar-refractivity contribution in [2.45, 2.75) is 32.4 Å². The number of aromatic nitrogens is 2. The monoisotopic (exact) mass is 253 g/mol. The van der Waals surface area contributed by atoms with Gasteiger partial charge in [0, 0.05) is 19.1 Å². The van der Waals surface area contributed by atoms with Gasteiger partial charge in [-0.1, -0.05) is 5.10 Å². The second-order valence-corrected chi connectivity index (χ2v) is 5.09. The molecule has 1 N–H and O–H groups in total. The molecule has 0 aliphatic carbocycles. The maximum Gasteiger partial charge on any atom is 0.318 e. The number of hydrogen-bond acceptors (Lipinski definition) is 6. The van der Waals surface area contributed by atoms with Crippen LogP contribution in [0.1, 0.15) is 32.2 Å². The van der Waals surface area contributed by atoms with Crippen LogP contribution in [0.2, 0.25) is 0 Å². The summed E-state index contributed by atoms with van der Waals surface area (Å²) in [5, 5.41) is 11.4. The molecule has 18 heavy (non-hydrogen) atoms. The van der Waals surface area contributed by atoms with Gasteiger partial charge < -0.3 is 19.5 Å². The van der Waals surface area contributed by atoms with Crippen LogP contribution in [-0.4, -0.2) is 54.9 Å². The van der Waals surface area contributed by atoms with Crippen LogP contribution < -0.4 is 10.2 Å². The molecule has 0 amide bonds. The molecular weight excluding hydrogens is 230 g/mol. The minimum absolute atomic E-state index is 0.0937. The van der Waals surface area contributed by atoms with Gasteiger partial charge in [-0.3, -0.25) is 0 Å². The normalized spacial score (nSPS) is 24.0. The number of rotatable bonds is 3. The Morgan fingerprint density at radius 2 is 2.17 bits per heavy atom. The Morgan fingerprint density at radius 3 is 2.89 bits per heavy atom. The van der Waals surface area contributed by atoms with Crippen LogP contribution in [0.25, 0.3) is 0 Å². The Bertz CT molecular complexity index is 380. The predicted octanol–water partition coefficient (Wildman–Crippen LogP) is 0.880. The minimum Gasteiger partial charge on any atom is -0.406 e. The molecule has 1 aromatic rings. The van der Waals surface area contributed by atoms with Crippen LogP contribution in [-0.2, 0) is 0 Å². The van der Waals surface area contributed by atoms with Crippen LogP contribution in [0.15, 0.2) is 4.42 Å². The fourth-order valence-electron chi connectivity index (χ4n) is 2.30. The lowest BCUT2D eigenvalue weighted by Crippen LogP contribution is -2.38. The number of hydrogen-bond donors (Lipinski definition) is 1. The summed E-state index contributed by atoms with van der Waals surface area (Å²) in [5.41, 5.74) is 0. The van der Waals surface area contributed by atoms with E-state index in [9.17, 15) is 0 Å². The van der Waals surface area contributed by atoms with Crippen LogP contribution >= 0.6 is 0 Å². The van der Waals surface area contributed by atoms with Crippen molar-refractivity contribution in [2.75, 3.05) is 38.6 Å². The van der Waals surface area contributed by atoms with Crippen molar-refractivity contribution in [2.24, 2.45) is 0 Å². The minimum atomic E-state index is 0.0937. The summed E-state index contributed by atoms with van der Waals surface area (Å²) in [6.45, 7) is 7.33. The van der Waals surface area contributed by atoms with Crippen LogP contribution in [0.5, 0.6) is 0 Å². The molecule has 2 unspecified atom stereocenters. The van der Waals surface area contributed by atoms with E-state index >= 15 is 0 Å². The molecule has 0 saturated carbocycles. The Morgan fingerprint density at radius 1 is 1.39 bits per heavy atom. The quantitative estimate of drug-likeness (QED) is 0.863. The summed E-state index contributed by atoms with van der Waals surface area (Å²) in [4.78, 5) is 4.56. The molecule has 2 heterocycles. The zero-order valence-corrected chi connectivity index (χ0v) is 11.7.